The van der Waals surface area contributed by atoms with E-state index in [1.165, 1.54) is 6.07 Å². The molecule has 7 heteroatoms. The normalized spacial score (nSPS) is 16.8. The van der Waals surface area contributed by atoms with Crippen molar-refractivity contribution in [1.82, 2.24) is 10.3 Å². The lowest BCUT2D eigenvalue weighted by atomic mass is 9.86. The molecule has 7 nitrogen and oxygen atoms in total. The smallest absolute Gasteiger partial charge is 0.305 e. The van der Waals surface area contributed by atoms with Crippen molar-refractivity contribution in [2.45, 2.75) is 45.1 Å². The largest absolute Gasteiger partial charge is 0.481 e. The standard InChI is InChI=1S/C17H24N2O5/c1-11(2)7-13-8-12(9-14(20)18-13)16(23)19-17(10-15(21)22)3-5-24-6-4-17/h8-9,11H,3-7,10H2,1-2H3,(H,18,20)(H,19,23)(H,21,22). The molecule has 1 fully saturated rings. The highest BCUT2D eigenvalue weighted by Gasteiger charge is 2.36. The van der Waals surface area contributed by atoms with Crippen LogP contribution in [0.1, 0.15) is 49.2 Å². The summed E-state index contributed by atoms with van der Waals surface area (Å²) in [6.07, 6.45) is 1.37. The number of aliphatic carboxylic acids is 1. The van der Waals surface area contributed by atoms with Gasteiger partial charge in [0.2, 0.25) is 5.56 Å². The fraction of sp³-hybridized carbons (Fsp3) is 0.588. The second-order valence-corrected chi connectivity index (χ2v) is 6.77. The Kier molecular flexibility index (Phi) is 5.77. The number of hydrogen-bond donors (Lipinski definition) is 3. The average molecular weight is 336 g/mol. The van der Waals surface area contributed by atoms with Gasteiger partial charge in [-0.15, -0.1) is 0 Å². The summed E-state index contributed by atoms with van der Waals surface area (Å²) in [5.74, 6) is -1.05. The Labute approximate surface area is 140 Å². The van der Waals surface area contributed by atoms with Crippen LogP contribution < -0.4 is 10.9 Å². The van der Waals surface area contributed by atoms with Crippen molar-refractivity contribution in [2.75, 3.05) is 13.2 Å². The van der Waals surface area contributed by atoms with Crippen LogP contribution in [0, 0.1) is 5.92 Å². The van der Waals surface area contributed by atoms with E-state index in [1.807, 2.05) is 13.8 Å². The number of hydrogen-bond acceptors (Lipinski definition) is 4. The van der Waals surface area contributed by atoms with Gasteiger partial charge in [0.15, 0.2) is 0 Å². The first-order valence-electron chi connectivity index (χ1n) is 8.15. The highest BCUT2D eigenvalue weighted by atomic mass is 16.5. The Morgan fingerprint density at radius 3 is 2.58 bits per heavy atom. The second-order valence-electron chi connectivity index (χ2n) is 6.77. The molecule has 0 radical (unpaired) electrons. The molecular weight excluding hydrogens is 312 g/mol. The molecule has 1 saturated heterocycles. The van der Waals surface area contributed by atoms with E-state index in [2.05, 4.69) is 10.3 Å². The molecule has 1 aromatic heterocycles. The SMILES string of the molecule is CC(C)Cc1cc(C(=O)NC2(CC(=O)O)CCOCC2)cc(=O)[nH]1. The lowest BCUT2D eigenvalue weighted by Crippen LogP contribution is -2.53. The van der Waals surface area contributed by atoms with Gasteiger partial charge in [-0.1, -0.05) is 13.8 Å². The van der Waals surface area contributed by atoms with Crippen LogP contribution in [-0.4, -0.2) is 40.7 Å². The van der Waals surface area contributed by atoms with Gasteiger partial charge in [0.1, 0.15) is 0 Å². The maximum atomic E-state index is 12.6. The summed E-state index contributed by atoms with van der Waals surface area (Å²) in [7, 11) is 0. The first-order valence-corrected chi connectivity index (χ1v) is 8.15. The van der Waals surface area contributed by atoms with Gasteiger partial charge in [-0.2, -0.15) is 0 Å². The number of aromatic nitrogens is 1. The molecule has 24 heavy (non-hydrogen) atoms. The van der Waals surface area contributed by atoms with Gasteiger partial charge in [-0.3, -0.25) is 14.4 Å². The van der Waals surface area contributed by atoms with Gasteiger partial charge >= 0.3 is 5.97 Å². The predicted molar refractivity (Wildman–Crippen MR) is 88.1 cm³/mol. The van der Waals surface area contributed by atoms with E-state index < -0.39 is 17.4 Å². The minimum absolute atomic E-state index is 0.163. The molecular formula is C17H24N2O5. The number of H-pyrrole nitrogens is 1. The molecule has 0 bridgehead atoms. The summed E-state index contributed by atoms with van der Waals surface area (Å²) < 4.78 is 5.28. The maximum Gasteiger partial charge on any atom is 0.305 e. The van der Waals surface area contributed by atoms with E-state index in [1.54, 1.807) is 6.07 Å². The number of aromatic amines is 1. The van der Waals surface area contributed by atoms with Gasteiger partial charge in [0, 0.05) is 30.5 Å². The lowest BCUT2D eigenvalue weighted by Gasteiger charge is -2.36. The minimum Gasteiger partial charge on any atom is -0.481 e. The third kappa shape index (κ3) is 4.92. The molecule has 0 spiro atoms. The van der Waals surface area contributed by atoms with Crippen molar-refractivity contribution < 1.29 is 19.4 Å². The molecule has 1 aliphatic heterocycles. The zero-order chi connectivity index (χ0) is 17.7. The van der Waals surface area contributed by atoms with Gasteiger partial charge in [-0.25, -0.2) is 0 Å². The third-order valence-corrected chi connectivity index (χ3v) is 4.11. The molecule has 1 aromatic rings. The summed E-state index contributed by atoms with van der Waals surface area (Å²) in [6.45, 7) is 4.85. The van der Waals surface area contributed by atoms with E-state index in [0.29, 0.717) is 44.1 Å². The van der Waals surface area contributed by atoms with Crippen molar-refractivity contribution in [1.29, 1.82) is 0 Å². The molecule has 132 valence electrons. The van der Waals surface area contributed by atoms with Crippen LogP contribution in [-0.2, 0) is 16.0 Å². The van der Waals surface area contributed by atoms with Crippen LogP contribution in [0.25, 0.3) is 0 Å². The zero-order valence-electron chi connectivity index (χ0n) is 14.1. The third-order valence-electron chi connectivity index (χ3n) is 4.11. The van der Waals surface area contributed by atoms with E-state index in [0.717, 1.165) is 0 Å². The summed E-state index contributed by atoms with van der Waals surface area (Å²) in [5, 5.41) is 12.0. The Morgan fingerprint density at radius 1 is 1.33 bits per heavy atom. The molecule has 0 aliphatic carbocycles. The summed E-state index contributed by atoms with van der Waals surface area (Å²) in [6, 6.07) is 2.90. The number of nitrogens with one attached hydrogen (secondary N) is 2. The van der Waals surface area contributed by atoms with Crippen LogP contribution in [0.5, 0.6) is 0 Å². The maximum absolute atomic E-state index is 12.6. The van der Waals surface area contributed by atoms with Crippen LogP contribution in [0.2, 0.25) is 0 Å². The fourth-order valence-electron chi connectivity index (χ4n) is 2.99. The Bertz CT molecular complexity index is 659. The quantitative estimate of drug-likeness (QED) is 0.726. The molecule has 1 amide bonds. The molecule has 1 aliphatic rings. The van der Waals surface area contributed by atoms with Gasteiger partial charge < -0.3 is 20.1 Å². The first kappa shape index (κ1) is 18.2. The molecule has 0 saturated carbocycles. The molecule has 0 atom stereocenters. The highest BCUT2D eigenvalue weighted by molar-refractivity contribution is 5.95. The summed E-state index contributed by atoms with van der Waals surface area (Å²) in [5.41, 5.74) is -0.216. The van der Waals surface area contributed by atoms with E-state index in [9.17, 15) is 14.4 Å². The van der Waals surface area contributed by atoms with Crippen LogP contribution >= 0.6 is 0 Å². The second kappa shape index (κ2) is 7.61. The average Bonchev–Trinajstić information content (AvgIpc) is 2.45. The molecule has 0 aromatic carbocycles. The molecule has 2 heterocycles. The fourth-order valence-corrected chi connectivity index (χ4v) is 2.99. The predicted octanol–water partition coefficient (Wildman–Crippen LogP) is 1.33. The van der Waals surface area contributed by atoms with Crippen LogP contribution in [0.3, 0.4) is 0 Å². The van der Waals surface area contributed by atoms with Gasteiger partial charge in [0.05, 0.1) is 12.0 Å². The summed E-state index contributed by atoms with van der Waals surface area (Å²) in [4.78, 5) is 38.3. The van der Waals surface area contributed by atoms with E-state index in [-0.39, 0.29) is 17.5 Å². The Balaban J connectivity index is 2.22. The first-order chi connectivity index (χ1) is 11.3. The topological polar surface area (TPSA) is 108 Å². The molecule has 2 rings (SSSR count). The minimum atomic E-state index is -0.969. The van der Waals surface area contributed by atoms with Crippen molar-refractivity contribution in [3.8, 4) is 0 Å². The number of ether oxygens (including phenoxy) is 1. The van der Waals surface area contributed by atoms with Crippen LogP contribution in [0.15, 0.2) is 16.9 Å². The summed E-state index contributed by atoms with van der Waals surface area (Å²) >= 11 is 0. The lowest BCUT2D eigenvalue weighted by molar-refractivity contribution is -0.139. The number of pyridine rings is 1. The van der Waals surface area contributed by atoms with Crippen molar-refractivity contribution in [2.24, 2.45) is 5.92 Å². The Morgan fingerprint density at radius 2 is 2.00 bits per heavy atom. The van der Waals surface area contributed by atoms with E-state index in [4.69, 9.17) is 9.84 Å². The number of amides is 1. The van der Waals surface area contributed by atoms with Crippen LogP contribution in [0.4, 0.5) is 0 Å². The van der Waals surface area contributed by atoms with Crippen molar-refractivity contribution >= 4 is 11.9 Å². The zero-order valence-corrected chi connectivity index (χ0v) is 14.1. The monoisotopic (exact) mass is 336 g/mol. The Hall–Kier alpha value is -2.15. The number of rotatable bonds is 6. The van der Waals surface area contributed by atoms with Crippen molar-refractivity contribution in [3.05, 3.63) is 33.7 Å². The number of carbonyl (C=O) groups is 2. The highest BCUT2D eigenvalue weighted by Crippen LogP contribution is 2.25. The number of carboxylic acids is 1. The molecule has 3 N–H and O–H groups in total. The number of carbonyl (C=O) groups excluding carboxylic acids is 1. The van der Waals surface area contributed by atoms with E-state index >= 15 is 0 Å². The van der Waals surface area contributed by atoms with Gasteiger partial charge in [0.25, 0.3) is 5.91 Å². The van der Waals surface area contributed by atoms with Crippen molar-refractivity contribution in [3.63, 3.8) is 0 Å². The molecule has 0 unspecified atom stereocenters. The van der Waals surface area contributed by atoms with Gasteiger partial charge in [-0.05, 0) is 31.2 Å². The number of carboxylic acid groups (broad SMARTS) is 1.